The predicted octanol–water partition coefficient (Wildman–Crippen LogP) is 0.667. The molecule has 17 heavy (non-hydrogen) atoms. The molecule has 5 nitrogen and oxygen atoms in total. The minimum absolute atomic E-state index is 0.179. The van der Waals surface area contributed by atoms with E-state index in [1.165, 1.54) is 0 Å². The SMILES string of the molecule is O=C(NC1C(=O)NC1S)OCc1ccccc1. The third-order valence-electron chi connectivity index (χ3n) is 2.37. The Morgan fingerprint density at radius 2 is 2.12 bits per heavy atom. The van der Waals surface area contributed by atoms with E-state index in [4.69, 9.17) is 4.74 Å². The second-order valence-corrected chi connectivity index (χ2v) is 4.19. The van der Waals surface area contributed by atoms with Crippen molar-refractivity contribution in [2.24, 2.45) is 0 Å². The summed E-state index contributed by atoms with van der Waals surface area (Å²) in [5.41, 5.74) is 0.892. The monoisotopic (exact) mass is 252 g/mol. The van der Waals surface area contributed by atoms with Gasteiger partial charge in [-0.3, -0.25) is 4.79 Å². The fourth-order valence-electron chi connectivity index (χ4n) is 1.40. The van der Waals surface area contributed by atoms with E-state index in [9.17, 15) is 9.59 Å². The van der Waals surface area contributed by atoms with Crippen LogP contribution >= 0.6 is 12.6 Å². The average molecular weight is 252 g/mol. The van der Waals surface area contributed by atoms with Crippen molar-refractivity contribution in [2.45, 2.75) is 18.0 Å². The van der Waals surface area contributed by atoms with Crippen LogP contribution in [0.5, 0.6) is 0 Å². The van der Waals surface area contributed by atoms with Crippen LogP contribution in [0.3, 0.4) is 0 Å². The number of amides is 2. The quantitative estimate of drug-likeness (QED) is 0.547. The Kier molecular flexibility index (Phi) is 3.53. The highest BCUT2D eigenvalue weighted by molar-refractivity contribution is 7.81. The first kappa shape index (κ1) is 11.8. The Morgan fingerprint density at radius 3 is 2.71 bits per heavy atom. The van der Waals surface area contributed by atoms with Crippen LogP contribution in [0.4, 0.5) is 4.79 Å². The lowest BCUT2D eigenvalue weighted by molar-refractivity contribution is -0.129. The molecule has 1 aromatic rings. The molecule has 0 aliphatic carbocycles. The minimum Gasteiger partial charge on any atom is -0.445 e. The van der Waals surface area contributed by atoms with E-state index in [0.717, 1.165) is 5.56 Å². The van der Waals surface area contributed by atoms with Crippen molar-refractivity contribution < 1.29 is 14.3 Å². The predicted molar refractivity (Wildman–Crippen MR) is 64.5 cm³/mol. The third kappa shape index (κ3) is 2.91. The summed E-state index contributed by atoms with van der Waals surface area (Å²) in [4.78, 5) is 22.4. The van der Waals surface area contributed by atoms with E-state index < -0.39 is 12.1 Å². The number of nitrogens with one attached hydrogen (secondary N) is 2. The molecule has 0 radical (unpaired) electrons. The Labute approximate surface area is 104 Å². The molecule has 1 heterocycles. The Bertz CT molecular complexity index is 424. The largest absolute Gasteiger partial charge is 0.445 e. The van der Waals surface area contributed by atoms with Crippen molar-refractivity contribution in [3.63, 3.8) is 0 Å². The highest BCUT2D eigenvalue weighted by Crippen LogP contribution is 2.10. The van der Waals surface area contributed by atoms with E-state index >= 15 is 0 Å². The molecule has 0 spiro atoms. The number of hydrogen-bond acceptors (Lipinski definition) is 4. The number of carbonyl (C=O) groups excluding carboxylic acids is 2. The first-order valence-electron chi connectivity index (χ1n) is 5.12. The van der Waals surface area contributed by atoms with Gasteiger partial charge in [0, 0.05) is 0 Å². The summed E-state index contributed by atoms with van der Waals surface area (Å²) in [6.45, 7) is 0.179. The van der Waals surface area contributed by atoms with Gasteiger partial charge in [0.25, 0.3) is 0 Å². The smallest absolute Gasteiger partial charge is 0.408 e. The zero-order valence-electron chi connectivity index (χ0n) is 8.92. The molecule has 1 saturated heterocycles. The molecule has 2 rings (SSSR count). The third-order valence-corrected chi connectivity index (χ3v) is 2.80. The summed E-state index contributed by atoms with van der Waals surface area (Å²) >= 11 is 4.05. The molecule has 1 aromatic carbocycles. The number of rotatable bonds is 3. The average Bonchev–Trinajstić information content (AvgIpc) is 2.35. The Morgan fingerprint density at radius 1 is 1.41 bits per heavy atom. The molecule has 2 unspecified atom stereocenters. The normalized spacial score (nSPS) is 22.3. The molecular formula is C11H12N2O3S. The van der Waals surface area contributed by atoms with Crippen molar-refractivity contribution in [1.29, 1.82) is 0 Å². The van der Waals surface area contributed by atoms with E-state index in [1.807, 2.05) is 30.3 Å². The van der Waals surface area contributed by atoms with Crippen molar-refractivity contribution in [1.82, 2.24) is 10.6 Å². The van der Waals surface area contributed by atoms with E-state index in [0.29, 0.717) is 0 Å². The molecule has 0 aromatic heterocycles. The van der Waals surface area contributed by atoms with E-state index in [2.05, 4.69) is 23.3 Å². The number of alkyl carbamates (subject to hydrolysis) is 1. The van der Waals surface area contributed by atoms with Gasteiger partial charge < -0.3 is 15.4 Å². The lowest BCUT2D eigenvalue weighted by Crippen LogP contribution is -2.66. The van der Waals surface area contributed by atoms with Gasteiger partial charge in [0.05, 0.1) is 0 Å². The second kappa shape index (κ2) is 5.09. The van der Waals surface area contributed by atoms with Crippen LogP contribution in [0.1, 0.15) is 5.56 Å². The molecule has 6 heteroatoms. The summed E-state index contributed by atoms with van der Waals surface area (Å²) in [6, 6.07) is 8.70. The molecule has 1 aliphatic heterocycles. The standard InChI is InChI=1S/C11H12N2O3S/c14-9-8(10(17)13-9)12-11(15)16-6-7-4-2-1-3-5-7/h1-5,8,10,17H,6H2,(H,12,15)(H,13,14). The second-order valence-electron chi connectivity index (χ2n) is 3.64. The van der Waals surface area contributed by atoms with Gasteiger partial charge in [-0.25, -0.2) is 4.79 Å². The summed E-state index contributed by atoms with van der Waals surface area (Å²) in [5.74, 6) is -0.248. The molecule has 0 bridgehead atoms. The van der Waals surface area contributed by atoms with Crippen LogP contribution in [-0.2, 0) is 16.1 Å². The highest BCUT2D eigenvalue weighted by atomic mass is 32.1. The van der Waals surface area contributed by atoms with Crippen LogP contribution in [0, 0.1) is 0 Å². The van der Waals surface area contributed by atoms with Gasteiger partial charge >= 0.3 is 6.09 Å². The van der Waals surface area contributed by atoms with Crippen LogP contribution in [-0.4, -0.2) is 23.4 Å². The fraction of sp³-hybridized carbons (Fsp3) is 0.273. The van der Waals surface area contributed by atoms with Gasteiger partial charge in [-0.1, -0.05) is 30.3 Å². The first-order chi connectivity index (χ1) is 8.16. The highest BCUT2D eigenvalue weighted by Gasteiger charge is 2.38. The molecule has 0 saturated carbocycles. The molecule has 1 fully saturated rings. The number of hydrogen-bond donors (Lipinski definition) is 3. The number of ether oxygens (including phenoxy) is 1. The van der Waals surface area contributed by atoms with E-state index in [-0.39, 0.29) is 17.9 Å². The molecule has 2 N–H and O–H groups in total. The van der Waals surface area contributed by atoms with Crippen molar-refractivity contribution in [3.8, 4) is 0 Å². The lowest BCUT2D eigenvalue weighted by Gasteiger charge is -2.33. The van der Waals surface area contributed by atoms with Gasteiger partial charge in [0.2, 0.25) is 5.91 Å². The van der Waals surface area contributed by atoms with Gasteiger partial charge in [0.15, 0.2) is 0 Å². The summed E-state index contributed by atoms with van der Waals surface area (Å²) < 4.78 is 4.97. The van der Waals surface area contributed by atoms with Crippen LogP contribution in [0.15, 0.2) is 30.3 Å². The van der Waals surface area contributed by atoms with Crippen molar-refractivity contribution in [2.75, 3.05) is 0 Å². The number of β-lactam (4-membered cyclic amide) rings is 1. The fourth-order valence-corrected chi connectivity index (χ4v) is 1.74. The van der Waals surface area contributed by atoms with Gasteiger partial charge in [-0.05, 0) is 5.56 Å². The Balaban J connectivity index is 1.76. The molecular weight excluding hydrogens is 240 g/mol. The van der Waals surface area contributed by atoms with Gasteiger partial charge in [0.1, 0.15) is 18.0 Å². The molecule has 90 valence electrons. The molecule has 1 aliphatic rings. The topological polar surface area (TPSA) is 67.4 Å². The van der Waals surface area contributed by atoms with Gasteiger partial charge in [-0.2, -0.15) is 12.6 Å². The van der Waals surface area contributed by atoms with Crippen LogP contribution in [0.25, 0.3) is 0 Å². The zero-order valence-corrected chi connectivity index (χ0v) is 9.81. The maximum atomic E-state index is 11.4. The summed E-state index contributed by atoms with van der Waals surface area (Å²) in [6.07, 6.45) is -0.618. The summed E-state index contributed by atoms with van der Waals surface area (Å²) in [5, 5.41) is 4.59. The van der Waals surface area contributed by atoms with Crippen molar-refractivity contribution in [3.05, 3.63) is 35.9 Å². The lowest BCUT2D eigenvalue weighted by atomic mass is 10.1. The number of thiol groups is 1. The summed E-state index contributed by atoms with van der Waals surface area (Å²) in [7, 11) is 0. The number of benzene rings is 1. The van der Waals surface area contributed by atoms with Crippen LogP contribution < -0.4 is 10.6 Å². The molecule has 2 amide bonds. The minimum atomic E-state index is -0.618. The molecule has 2 atom stereocenters. The first-order valence-corrected chi connectivity index (χ1v) is 5.64. The Hall–Kier alpha value is -1.69. The van der Waals surface area contributed by atoms with Gasteiger partial charge in [-0.15, -0.1) is 0 Å². The van der Waals surface area contributed by atoms with Crippen LogP contribution in [0.2, 0.25) is 0 Å². The maximum absolute atomic E-state index is 11.4. The maximum Gasteiger partial charge on any atom is 0.408 e. The van der Waals surface area contributed by atoms with Crippen molar-refractivity contribution >= 4 is 24.6 Å². The zero-order chi connectivity index (χ0) is 12.3. The number of carbonyl (C=O) groups is 2. The van der Waals surface area contributed by atoms with E-state index in [1.54, 1.807) is 0 Å².